The van der Waals surface area contributed by atoms with Gasteiger partial charge in [0.25, 0.3) is 0 Å². The van der Waals surface area contributed by atoms with Gasteiger partial charge in [-0.25, -0.2) is 4.79 Å². The minimum absolute atomic E-state index is 0.189. The summed E-state index contributed by atoms with van der Waals surface area (Å²) < 4.78 is 0. The number of nitrogens with one attached hydrogen (secondary N) is 2. The van der Waals surface area contributed by atoms with Crippen molar-refractivity contribution in [1.29, 1.82) is 0 Å². The van der Waals surface area contributed by atoms with Crippen LogP contribution in [0.1, 0.15) is 12.0 Å². The molecule has 2 atom stereocenters. The Hall–Kier alpha value is -1.69. The van der Waals surface area contributed by atoms with Gasteiger partial charge in [0.2, 0.25) is 5.91 Å². The standard InChI is InChI=1S/C15H20N2O3S/c1-21-7-6-13(15(19)20)17-14(18)11-8-10-4-2-3-5-12(10)16-9-11/h2-5,11,13,16H,6-9H2,1H3,(H,17,18)(H,19,20)/t11?,13-/m0/s1. The molecular weight excluding hydrogens is 288 g/mol. The molecule has 0 bridgehead atoms. The van der Waals surface area contributed by atoms with Crippen molar-refractivity contribution in [1.82, 2.24) is 5.32 Å². The van der Waals surface area contributed by atoms with Gasteiger partial charge in [0.15, 0.2) is 0 Å². The Morgan fingerprint density at radius 2 is 2.24 bits per heavy atom. The maximum atomic E-state index is 12.3. The van der Waals surface area contributed by atoms with Crippen molar-refractivity contribution in [3.8, 4) is 0 Å². The molecule has 1 aromatic rings. The maximum absolute atomic E-state index is 12.3. The van der Waals surface area contributed by atoms with Crippen LogP contribution in [0.15, 0.2) is 24.3 Å². The van der Waals surface area contributed by atoms with Crippen LogP contribution in [0.3, 0.4) is 0 Å². The van der Waals surface area contributed by atoms with Crippen LogP contribution in [0.25, 0.3) is 0 Å². The van der Waals surface area contributed by atoms with Crippen LogP contribution in [0.5, 0.6) is 0 Å². The second kappa shape index (κ2) is 7.36. The molecule has 0 saturated carbocycles. The van der Waals surface area contributed by atoms with Gasteiger partial charge < -0.3 is 15.7 Å². The fourth-order valence-electron chi connectivity index (χ4n) is 2.41. The molecule has 0 radical (unpaired) electrons. The first-order chi connectivity index (χ1) is 10.1. The summed E-state index contributed by atoms with van der Waals surface area (Å²) in [6, 6.07) is 7.07. The summed E-state index contributed by atoms with van der Waals surface area (Å²) in [7, 11) is 0. The minimum Gasteiger partial charge on any atom is -0.480 e. The molecule has 0 aromatic heterocycles. The van der Waals surface area contributed by atoms with Gasteiger partial charge in [0.05, 0.1) is 5.92 Å². The lowest BCUT2D eigenvalue weighted by Crippen LogP contribution is -2.46. The molecule has 0 fully saturated rings. The number of carboxylic acids is 1. The molecule has 1 heterocycles. The number of benzene rings is 1. The van der Waals surface area contributed by atoms with Gasteiger partial charge in [-0.15, -0.1) is 0 Å². The molecule has 1 unspecified atom stereocenters. The first-order valence-electron chi connectivity index (χ1n) is 6.95. The lowest BCUT2D eigenvalue weighted by molar-refractivity contribution is -0.142. The molecule has 21 heavy (non-hydrogen) atoms. The van der Waals surface area contributed by atoms with E-state index in [0.717, 1.165) is 11.3 Å². The van der Waals surface area contributed by atoms with Crippen LogP contribution in [0.2, 0.25) is 0 Å². The zero-order valence-electron chi connectivity index (χ0n) is 12.0. The Balaban J connectivity index is 1.96. The average Bonchev–Trinajstić information content (AvgIpc) is 2.50. The summed E-state index contributed by atoms with van der Waals surface area (Å²) >= 11 is 1.57. The number of carboxylic acid groups (broad SMARTS) is 1. The number of aliphatic carboxylic acids is 1. The quantitative estimate of drug-likeness (QED) is 0.744. The lowest BCUT2D eigenvalue weighted by atomic mass is 9.93. The first kappa shape index (κ1) is 15.7. The second-order valence-electron chi connectivity index (χ2n) is 5.12. The molecule has 1 amide bonds. The number of carbonyl (C=O) groups is 2. The molecule has 1 aliphatic rings. The number of fused-ring (bicyclic) bond motifs is 1. The van der Waals surface area contributed by atoms with E-state index in [0.29, 0.717) is 25.1 Å². The summed E-state index contributed by atoms with van der Waals surface area (Å²) in [5, 5.41) is 15.1. The Labute approximate surface area is 128 Å². The van der Waals surface area contributed by atoms with E-state index < -0.39 is 12.0 Å². The van der Waals surface area contributed by atoms with E-state index in [2.05, 4.69) is 10.6 Å². The van der Waals surface area contributed by atoms with Crippen LogP contribution in [-0.2, 0) is 16.0 Å². The molecular formula is C15H20N2O3S. The highest BCUT2D eigenvalue weighted by molar-refractivity contribution is 7.98. The molecule has 2 rings (SSSR count). The summed E-state index contributed by atoms with van der Waals surface area (Å²) in [6.45, 7) is 0.539. The maximum Gasteiger partial charge on any atom is 0.326 e. The molecule has 114 valence electrons. The number of amides is 1. The number of thioether (sulfide) groups is 1. The van der Waals surface area contributed by atoms with Gasteiger partial charge in [-0.2, -0.15) is 11.8 Å². The highest BCUT2D eigenvalue weighted by Crippen LogP contribution is 2.24. The summed E-state index contributed by atoms with van der Waals surface area (Å²) in [4.78, 5) is 23.4. The molecule has 1 aromatic carbocycles. The van der Waals surface area contributed by atoms with E-state index in [1.54, 1.807) is 11.8 Å². The Bertz CT molecular complexity index is 521. The van der Waals surface area contributed by atoms with Gasteiger partial charge in [0, 0.05) is 12.2 Å². The average molecular weight is 308 g/mol. The predicted molar refractivity (Wildman–Crippen MR) is 84.7 cm³/mol. The smallest absolute Gasteiger partial charge is 0.326 e. The summed E-state index contributed by atoms with van der Waals surface area (Å²) in [5.74, 6) is -0.675. The van der Waals surface area contributed by atoms with Crippen LogP contribution in [0.4, 0.5) is 5.69 Å². The molecule has 0 spiro atoms. The largest absolute Gasteiger partial charge is 0.480 e. The third kappa shape index (κ3) is 4.14. The summed E-state index contributed by atoms with van der Waals surface area (Å²) in [6.07, 6.45) is 3.01. The fraction of sp³-hybridized carbons (Fsp3) is 0.467. The zero-order chi connectivity index (χ0) is 15.2. The Morgan fingerprint density at radius 1 is 1.48 bits per heavy atom. The lowest BCUT2D eigenvalue weighted by Gasteiger charge is -2.26. The molecule has 0 aliphatic carbocycles. The monoisotopic (exact) mass is 308 g/mol. The molecule has 3 N–H and O–H groups in total. The normalized spacial score (nSPS) is 18.2. The topological polar surface area (TPSA) is 78.4 Å². The third-order valence-electron chi connectivity index (χ3n) is 3.62. The predicted octanol–water partition coefficient (Wildman–Crippen LogP) is 1.59. The molecule has 1 aliphatic heterocycles. The zero-order valence-corrected chi connectivity index (χ0v) is 12.8. The number of anilines is 1. The highest BCUT2D eigenvalue weighted by Gasteiger charge is 2.27. The Kier molecular flexibility index (Phi) is 5.50. The van der Waals surface area contributed by atoms with Gasteiger partial charge in [0.1, 0.15) is 6.04 Å². The van der Waals surface area contributed by atoms with Crippen LogP contribution in [-0.4, -0.2) is 41.6 Å². The van der Waals surface area contributed by atoms with Crippen molar-refractivity contribution in [3.63, 3.8) is 0 Å². The van der Waals surface area contributed by atoms with E-state index in [1.807, 2.05) is 30.5 Å². The van der Waals surface area contributed by atoms with E-state index in [9.17, 15) is 9.59 Å². The van der Waals surface area contributed by atoms with Crippen molar-refractivity contribution in [2.45, 2.75) is 18.9 Å². The number of para-hydroxylation sites is 1. The minimum atomic E-state index is -0.971. The number of hydrogen-bond acceptors (Lipinski definition) is 4. The van der Waals surface area contributed by atoms with E-state index in [4.69, 9.17) is 5.11 Å². The van der Waals surface area contributed by atoms with Crippen molar-refractivity contribution in [2.75, 3.05) is 23.9 Å². The number of hydrogen-bond donors (Lipinski definition) is 3. The Morgan fingerprint density at radius 3 is 2.95 bits per heavy atom. The van der Waals surface area contributed by atoms with Gasteiger partial charge in [-0.05, 0) is 36.5 Å². The summed E-state index contributed by atoms with van der Waals surface area (Å²) in [5.41, 5.74) is 2.15. The molecule has 6 heteroatoms. The second-order valence-corrected chi connectivity index (χ2v) is 6.11. The third-order valence-corrected chi connectivity index (χ3v) is 4.26. The number of rotatable bonds is 6. The van der Waals surface area contributed by atoms with Crippen molar-refractivity contribution < 1.29 is 14.7 Å². The first-order valence-corrected chi connectivity index (χ1v) is 8.35. The van der Waals surface area contributed by atoms with Gasteiger partial charge in [-0.1, -0.05) is 18.2 Å². The van der Waals surface area contributed by atoms with Crippen molar-refractivity contribution in [3.05, 3.63) is 29.8 Å². The molecule has 5 nitrogen and oxygen atoms in total. The number of carbonyl (C=O) groups excluding carboxylic acids is 1. The van der Waals surface area contributed by atoms with E-state index in [-0.39, 0.29) is 11.8 Å². The van der Waals surface area contributed by atoms with E-state index in [1.165, 1.54) is 0 Å². The van der Waals surface area contributed by atoms with Crippen molar-refractivity contribution in [2.24, 2.45) is 5.92 Å². The van der Waals surface area contributed by atoms with Crippen LogP contribution >= 0.6 is 11.8 Å². The van der Waals surface area contributed by atoms with Crippen LogP contribution < -0.4 is 10.6 Å². The van der Waals surface area contributed by atoms with Crippen molar-refractivity contribution >= 4 is 29.3 Å². The van der Waals surface area contributed by atoms with Gasteiger partial charge >= 0.3 is 5.97 Å². The fourth-order valence-corrected chi connectivity index (χ4v) is 2.88. The SMILES string of the molecule is CSCC[C@H](NC(=O)C1CNc2ccccc2C1)C(=O)O. The highest BCUT2D eigenvalue weighted by atomic mass is 32.2. The van der Waals surface area contributed by atoms with E-state index >= 15 is 0 Å². The molecule has 0 saturated heterocycles. The van der Waals surface area contributed by atoms with Crippen LogP contribution in [0, 0.1) is 5.92 Å². The van der Waals surface area contributed by atoms with Gasteiger partial charge in [-0.3, -0.25) is 4.79 Å².